The van der Waals surface area contributed by atoms with Crippen molar-refractivity contribution in [2.24, 2.45) is 11.7 Å². The Hall–Kier alpha value is -1.36. The van der Waals surface area contributed by atoms with Crippen LogP contribution in [0.5, 0.6) is 0 Å². The normalized spacial score (nSPS) is 23.2. The number of carbonyl (C=O) groups is 1. The minimum Gasteiger partial charge on any atom is -0.354 e. The van der Waals surface area contributed by atoms with Crippen LogP contribution in [-0.2, 0) is 11.3 Å². The smallest absolute Gasteiger partial charge is 0.220 e. The second kappa shape index (κ2) is 6.00. The molecule has 0 aliphatic heterocycles. The molecular weight excluding hydrogens is 228 g/mol. The Bertz CT molecular complexity index is 401. The van der Waals surface area contributed by atoms with Crippen LogP contribution in [0.3, 0.4) is 0 Å². The lowest BCUT2D eigenvalue weighted by atomic mass is 10.00. The Balaban J connectivity index is 1.67. The fourth-order valence-corrected chi connectivity index (χ4v) is 2.59. The number of aryl methyl sites for hydroxylation is 1. The largest absolute Gasteiger partial charge is 0.354 e. The van der Waals surface area contributed by atoms with Crippen LogP contribution in [0, 0.1) is 12.8 Å². The number of amides is 1. The van der Waals surface area contributed by atoms with Gasteiger partial charge in [0.1, 0.15) is 5.82 Å². The summed E-state index contributed by atoms with van der Waals surface area (Å²) in [4.78, 5) is 15.9. The van der Waals surface area contributed by atoms with Gasteiger partial charge in [-0.2, -0.15) is 0 Å². The molecule has 1 heterocycles. The molecule has 0 aromatic carbocycles. The number of nitrogens with two attached hydrogens (primary N) is 1. The molecule has 0 radical (unpaired) electrons. The number of hydrogen-bond acceptors (Lipinski definition) is 3. The molecule has 0 saturated heterocycles. The molecule has 0 bridgehead atoms. The summed E-state index contributed by atoms with van der Waals surface area (Å²) in [6, 6.07) is 0.214. The molecule has 1 amide bonds. The molecule has 2 atom stereocenters. The van der Waals surface area contributed by atoms with Crippen molar-refractivity contribution >= 4 is 5.91 Å². The highest BCUT2D eigenvalue weighted by Crippen LogP contribution is 2.26. The van der Waals surface area contributed by atoms with E-state index in [1.54, 1.807) is 6.20 Å². The van der Waals surface area contributed by atoms with Crippen molar-refractivity contribution < 1.29 is 4.79 Å². The number of imidazole rings is 1. The lowest BCUT2D eigenvalue weighted by molar-refractivity contribution is -0.122. The molecule has 1 fully saturated rings. The molecule has 5 heteroatoms. The van der Waals surface area contributed by atoms with Crippen LogP contribution in [0.15, 0.2) is 12.4 Å². The molecule has 1 aliphatic rings. The van der Waals surface area contributed by atoms with Crippen molar-refractivity contribution in [3.63, 3.8) is 0 Å². The predicted octanol–water partition coefficient (Wildman–Crippen LogP) is 0.825. The quantitative estimate of drug-likeness (QED) is 0.813. The highest BCUT2D eigenvalue weighted by Gasteiger charge is 2.25. The van der Waals surface area contributed by atoms with Gasteiger partial charge >= 0.3 is 0 Å². The van der Waals surface area contributed by atoms with Gasteiger partial charge in [-0.05, 0) is 25.7 Å². The zero-order chi connectivity index (χ0) is 13.0. The van der Waals surface area contributed by atoms with Crippen molar-refractivity contribution in [2.75, 3.05) is 6.54 Å². The maximum absolute atomic E-state index is 11.8. The molecule has 0 unspecified atom stereocenters. The van der Waals surface area contributed by atoms with Crippen molar-refractivity contribution in [3.8, 4) is 0 Å². The molecule has 18 heavy (non-hydrogen) atoms. The highest BCUT2D eigenvalue weighted by molar-refractivity contribution is 5.76. The minimum absolute atomic E-state index is 0.120. The highest BCUT2D eigenvalue weighted by atomic mass is 16.1. The zero-order valence-electron chi connectivity index (χ0n) is 10.9. The number of rotatable bonds is 5. The molecule has 1 aromatic rings. The van der Waals surface area contributed by atoms with Crippen LogP contribution in [0.2, 0.25) is 0 Å². The first-order valence-electron chi connectivity index (χ1n) is 6.67. The standard InChI is InChI=1S/C13H22N4O/c1-10-15-5-7-17(10)8-6-16-13(18)9-11-3-2-4-12(11)14/h5,7,11-12H,2-4,6,8-9,14H2,1H3,(H,16,18)/t11-,12+/m0/s1. The molecule has 100 valence electrons. The van der Waals surface area contributed by atoms with Crippen LogP contribution in [0.25, 0.3) is 0 Å². The van der Waals surface area contributed by atoms with Crippen molar-refractivity contribution in [3.05, 3.63) is 18.2 Å². The molecule has 1 aromatic heterocycles. The van der Waals surface area contributed by atoms with Crippen molar-refractivity contribution in [2.45, 2.75) is 45.2 Å². The predicted molar refractivity (Wildman–Crippen MR) is 69.9 cm³/mol. The summed E-state index contributed by atoms with van der Waals surface area (Å²) in [5.41, 5.74) is 5.96. The average molecular weight is 250 g/mol. The lowest BCUT2D eigenvalue weighted by Crippen LogP contribution is -2.33. The van der Waals surface area contributed by atoms with Gasteiger partial charge in [0.05, 0.1) is 0 Å². The summed E-state index contributed by atoms with van der Waals surface area (Å²) < 4.78 is 2.03. The number of nitrogens with one attached hydrogen (secondary N) is 1. The fraction of sp³-hybridized carbons (Fsp3) is 0.692. The van der Waals surface area contributed by atoms with E-state index in [0.29, 0.717) is 18.9 Å². The number of carbonyl (C=O) groups excluding carboxylic acids is 1. The van der Waals surface area contributed by atoms with Crippen LogP contribution in [-0.4, -0.2) is 28.0 Å². The van der Waals surface area contributed by atoms with E-state index < -0.39 is 0 Å². The molecule has 1 aliphatic carbocycles. The van der Waals surface area contributed by atoms with E-state index in [2.05, 4.69) is 10.3 Å². The zero-order valence-corrected chi connectivity index (χ0v) is 10.9. The second-order valence-corrected chi connectivity index (χ2v) is 5.08. The van der Waals surface area contributed by atoms with Crippen molar-refractivity contribution in [1.29, 1.82) is 0 Å². The number of aromatic nitrogens is 2. The maximum atomic E-state index is 11.8. The second-order valence-electron chi connectivity index (χ2n) is 5.08. The van der Waals surface area contributed by atoms with Gasteiger partial charge in [0.25, 0.3) is 0 Å². The monoisotopic (exact) mass is 250 g/mol. The molecule has 0 spiro atoms. The molecule has 5 nitrogen and oxygen atoms in total. The van der Waals surface area contributed by atoms with Gasteiger partial charge in [0.2, 0.25) is 5.91 Å². The molecule has 1 saturated carbocycles. The lowest BCUT2D eigenvalue weighted by Gasteiger charge is -2.15. The van der Waals surface area contributed by atoms with E-state index in [9.17, 15) is 4.79 Å². The Morgan fingerprint density at radius 3 is 3.06 bits per heavy atom. The van der Waals surface area contributed by atoms with Gasteiger partial charge in [-0.25, -0.2) is 4.98 Å². The van der Waals surface area contributed by atoms with Crippen LogP contribution in [0.1, 0.15) is 31.5 Å². The van der Waals surface area contributed by atoms with Gasteiger partial charge in [-0.15, -0.1) is 0 Å². The van der Waals surface area contributed by atoms with E-state index in [-0.39, 0.29) is 11.9 Å². The number of hydrogen-bond donors (Lipinski definition) is 2. The van der Waals surface area contributed by atoms with E-state index in [1.165, 1.54) is 0 Å². The average Bonchev–Trinajstić information content (AvgIpc) is 2.90. The Labute approximate surface area is 108 Å². The summed E-state index contributed by atoms with van der Waals surface area (Å²) in [6.45, 7) is 3.38. The summed E-state index contributed by atoms with van der Waals surface area (Å²) in [5, 5.41) is 2.95. The van der Waals surface area contributed by atoms with Crippen LogP contribution >= 0.6 is 0 Å². The third kappa shape index (κ3) is 3.32. The Morgan fingerprint density at radius 1 is 1.61 bits per heavy atom. The molecule has 3 N–H and O–H groups in total. The van der Waals surface area contributed by atoms with Gasteiger partial charge in [-0.1, -0.05) is 6.42 Å². The molecule has 2 rings (SSSR count). The summed E-state index contributed by atoms with van der Waals surface area (Å²) >= 11 is 0. The third-order valence-corrected chi connectivity index (χ3v) is 3.76. The van der Waals surface area contributed by atoms with Crippen molar-refractivity contribution in [1.82, 2.24) is 14.9 Å². The van der Waals surface area contributed by atoms with E-state index >= 15 is 0 Å². The van der Waals surface area contributed by atoms with Gasteiger partial charge in [-0.3, -0.25) is 4.79 Å². The summed E-state index contributed by atoms with van der Waals surface area (Å²) in [6.07, 6.45) is 7.59. The summed E-state index contributed by atoms with van der Waals surface area (Å²) in [5.74, 6) is 1.47. The topological polar surface area (TPSA) is 72.9 Å². The van der Waals surface area contributed by atoms with E-state index in [1.807, 2.05) is 17.7 Å². The number of nitrogens with zero attached hydrogens (tertiary/aromatic N) is 2. The Morgan fingerprint density at radius 2 is 2.44 bits per heavy atom. The fourth-order valence-electron chi connectivity index (χ4n) is 2.59. The first-order valence-corrected chi connectivity index (χ1v) is 6.67. The first kappa shape index (κ1) is 13.1. The third-order valence-electron chi connectivity index (χ3n) is 3.76. The van der Waals surface area contributed by atoms with Gasteiger partial charge in [0.15, 0.2) is 0 Å². The Kier molecular flexibility index (Phi) is 4.36. The van der Waals surface area contributed by atoms with Gasteiger partial charge < -0.3 is 15.6 Å². The van der Waals surface area contributed by atoms with Crippen LogP contribution < -0.4 is 11.1 Å². The van der Waals surface area contributed by atoms with Crippen LogP contribution in [0.4, 0.5) is 0 Å². The molecular formula is C13H22N4O. The van der Waals surface area contributed by atoms with E-state index in [4.69, 9.17) is 5.73 Å². The maximum Gasteiger partial charge on any atom is 0.220 e. The van der Waals surface area contributed by atoms with E-state index in [0.717, 1.165) is 31.6 Å². The van der Waals surface area contributed by atoms with Gasteiger partial charge in [0, 0.05) is 37.9 Å². The minimum atomic E-state index is 0.120. The first-order chi connectivity index (χ1) is 8.66. The SMILES string of the molecule is Cc1nccn1CCNC(=O)C[C@@H]1CCC[C@H]1N. The summed E-state index contributed by atoms with van der Waals surface area (Å²) in [7, 11) is 0.